The number of unbranched alkanes of at least 4 members (excludes halogenated alkanes) is 6. The molecule has 0 fully saturated rings. The van der Waals surface area contributed by atoms with E-state index in [1.54, 1.807) is 25.1 Å². The van der Waals surface area contributed by atoms with Crippen LogP contribution in [0.1, 0.15) is 64.7 Å². The summed E-state index contributed by atoms with van der Waals surface area (Å²) in [5, 5.41) is 11.8. The number of carboxylic acids is 1. The molecule has 2 N–H and O–H groups in total. The van der Waals surface area contributed by atoms with Gasteiger partial charge in [0.05, 0.1) is 0 Å². The van der Waals surface area contributed by atoms with Crippen molar-refractivity contribution in [2.45, 2.75) is 70.8 Å². The van der Waals surface area contributed by atoms with Gasteiger partial charge in [0.2, 0.25) is 5.91 Å². The molecule has 0 heterocycles. The molecule has 0 aromatic heterocycles. The second-order valence-electron chi connectivity index (χ2n) is 6.21. The lowest BCUT2D eigenvalue weighted by Gasteiger charge is -2.19. The van der Waals surface area contributed by atoms with Crippen LogP contribution < -0.4 is 5.32 Å². The molecule has 0 saturated carbocycles. The fourth-order valence-corrected chi connectivity index (χ4v) is 2.40. The fourth-order valence-electron chi connectivity index (χ4n) is 2.40. The van der Waals surface area contributed by atoms with Crippen molar-refractivity contribution in [2.75, 3.05) is 20.6 Å². The number of hydrogen-bond donors (Lipinski definition) is 2. The van der Waals surface area contributed by atoms with Gasteiger partial charge in [-0.15, -0.1) is 0 Å². The third kappa shape index (κ3) is 12.8. The average molecular weight is 326 g/mol. The molecule has 0 radical (unpaired) electrons. The van der Waals surface area contributed by atoms with E-state index >= 15 is 0 Å². The topological polar surface area (TPSA) is 69.6 Å². The first kappa shape index (κ1) is 21.6. The predicted molar refractivity (Wildman–Crippen MR) is 94.5 cm³/mol. The highest BCUT2D eigenvalue weighted by Gasteiger charge is 2.18. The van der Waals surface area contributed by atoms with Crippen molar-refractivity contribution >= 4 is 11.9 Å². The summed E-state index contributed by atoms with van der Waals surface area (Å²) >= 11 is 0. The number of carbonyl (C=O) groups excluding carboxylic acids is 1. The molecule has 1 atom stereocenters. The van der Waals surface area contributed by atoms with Crippen LogP contribution in [0.5, 0.6) is 0 Å². The molecule has 0 aromatic carbocycles. The molecule has 0 aliphatic carbocycles. The van der Waals surface area contributed by atoms with E-state index in [0.29, 0.717) is 19.4 Å². The molecule has 1 amide bonds. The Morgan fingerprint density at radius 3 is 2.35 bits per heavy atom. The number of nitrogens with one attached hydrogen (secondary N) is 1. The summed E-state index contributed by atoms with van der Waals surface area (Å²) in [6.45, 7) is 2.72. The summed E-state index contributed by atoms with van der Waals surface area (Å²) in [6.07, 6.45) is 13.2. The third-order valence-corrected chi connectivity index (χ3v) is 3.86. The Hall–Kier alpha value is -1.36. The first-order valence-electron chi connectivity index (χ1n) is 8.82. The minimum absolute atomic E-state index is 0.0901. The molecule has 0 aromatic rings. The standard InChI is InChI=1S/C18H34N2O3/c1-4-5-6-7-8-9-10-11-14-17(21)19-15-12-13-16(18(22)23)20(2)3/h11,14,16H,4-10,12-13,15H2,1-3H3,(H,19,21)(H,22,23). The van der Waals surface area contributed by atoms with Gasteiger partial charge in [-0.2, -0.15) is 0 Å². The number of hydrogen-bond acceptors (Lipinski definition) is 3. The number of carbonyl (C=O) groups is 2. The van der Waals surface area contributed by atoms with E-state index in [1.165, 1.54) is 32.1 Å². The van der Waals surface area contributed by atoms with Gasteiger partial charge in [-0.1, -0.05) is 45.1 Å². The first-order valence-corrected chi connectivity index (χ1v) is 8.82. The largest absolute Gasteiger partial charge is 0.480 e. The van der Waals surface area contributed by atoms with Crippen LogP contribution in [-0.2, 0) is 9.59 Å². The van der Waals surface area contributed by atoms with Gasteiger partial charge >= 0.3 is 5.97 Å². The van der Waals surface area contributed by atoms with E-state index in [9.17, 15) is 9.59 Å². The van der Waals surface area contributed by atoms with Crippen molar-refractivity contribution in [1.82, 2.24) is 10.2 Å². The molecule has 0 spiro atoms. The Bertz CT molecular complexity index is 354. The lowest BCUT2D eigenvalue weighted by atomic mass is 10.1. The molecule has 0 rings (SSSR count). The summed E-state index contributed by atoms with van der Waals surface area (Å²) in [5.41, 5.74) is 0. The van der Waals surface area contributed by atoms with Crippen LogP contribution in [0.2, 0.25) is 0 Å². The highest BCUT2D eigenvalue weighted by Crippen LogP contribution is 2.07. The van der Waals surface area contributed by atoms with E-state index in [-0.39, 0.29) is 5.91 Å². The summed E-state index contributed by atoms with van der Waals surface area (Å²) < 4.78 is 0. The summed E-state index contributed by atoms with van der Waals surface area (Å²) in [4.78, 5) is 24.3. The lowest BCUT2D eigenvalue weighted by Crippen LogP contribution is -2.36. The molecule has 5 nitrogen and oxygen atoms in total. The van der Waals surface area contributed by atoms with Crippen LogP contribution in [0.4, 0.5) is 0 Å². The molecule has 134 valence electrons. The predicted octanol–water partition coefficient (Wildman–Crippen LogP) is 3.20. The monoisotopic (exact) mass is 326 g/mol. The van der Waals surface area contributed by atoms with Gasteiger partial charge in [0.15, 0.2) is 0 Å². The van der Waals surface area contributed by atoms with Crippen LogP contribution in [0, 0.1) is 0 Å². The smallest absolute Gasteiger partial charge is 0.320 e. The summed E-state index contributed by atoms with van der Waals surface area (Å²) in [5.74, 6) is -0.909. The number of aliphatic carboxylic acids is 1. The number of amides is 1. The van der Waals surface area contributed by atoms with Crippen LogP contribution in [0.3, 0.4) is 0 Å². The second-order valence-corrected chi connectivity index (χ2v) is 6.21. The van der Waals surface area contributed by atoms with E-state index in [2.05, 4.69) is 12.2 Å². The molecular formula is C18H34N2O3. The minimum Gasteiger partial charge on any atom is -0.480 e. The van der Waals surface area contributed by atoms with Gasteiger partial charge in [-0.3, -0.25) is 14.5 Å². The maximum Gasteiger partial charge on any atom is 0.320 e. The first-order chi connectivity index (χ1) is 11.0. The van der Waals surface area contributed by atoms with Crippen molar-refractivity contribution in [1.29, 1.82) is 0 Å². The van der Waals surface area contributed by atoms with Crippen molar-refractivity contribution in [3.63, 3.8) is 0 Å². The zero-order valence-corrected chi connectivity index (χ0v) is 15.0. The number of rotatable bonds is 14. The fraction of sp³-hybridized carbons (Fsp3) is 0.778. The number of nitrogens with zero attached hydrogens (tertiary/aromatic N) is 1. The van der Waals surface area contributed by atoms with Gasteiger partial charge in [-0.05, 0) is 45.9 Å². The van der Waals surface area contributed by atoms with Crippen LogP contribution in [0.25, 0.3) is 0 Å². The van der Waals surface area contributed by atoms with Crippen LogP contribution in [0.15, 0.2) is 12.2 Å². The molecule has 0 aliphatic heterocycles. The summed E-state index contributed by atoms with van der Waals surface area (Å²) in [7, 11) is 3.50. The maximum atomic E-state index is 11.6. The van der Waals surface area contributed by atoms with Gasteiger partial charge in [0, 0.05) is 6.54 Å². The number of likely N-dealkylation sites (N-methyl/N-ethyl adjacent to an activating group) is 1. The normalized spacial score (nSPS) is 12.7. The van der Waals surface area contributed by atoms with Crippen LogP contribution in [-0.4, -0.2) is 48.6 Å². The molecule has 0 aliphatic rings. The molecule has 23 heavy (non-hydrogen) atoms. The number of allylic oxidation sites excluding steroid dienone is 1. The zero-order valence-electron chi connectivity index (χ0n) is 15.0. The quantitative estimate of drug-likeness (QED) is 0.380. The zero-order chi connectivity index (χ0) is 17.5. The Morgan fingerprint density at radius 1 is 1.09 bits per heavy atom. The second kappa shape index (κ2) is 14.2. The Kier molecular flexibility index (Phi) is 13.4. The molecule has 1 unspecified atom stereocenters. The van der Waals surface area contributed by atoms with E-state index in [0.717, 1.165) is 12.8 Å². The van der Waals surface area contributed by atoms with Crippen molar-refractivity contribution < 1.29 is 14.7 Å². The van der Waals surface area contributed by atoms with Gasteiger partial charge in [0.1, 0.15) is 6.04 Å². The minimum atomic E-state index is -0.819. The molecule has 0 bridgehead atoms. The maximum absolute atomic E-state index is 11.6. The third-order valence-electron chi connectivity index (χ3n) is 3.86. The van der Waals surface area contributed by atoms with E-state index < -0.39 is 12.0 Å². The van der Waals surface area contributed by atoms with Crippen molar-refractivity contribution in [3.05, 3.63) is 12.2 Å². The lowest BCUT2D eigenvalue weighted by molar-refractivity contribution is -0.142. The van der Waals surface area contributed by atoms with Gasteiger partial charge < -0.3 is 10.4 Å². The molecular weight excluding hydrogens is 292 g/mol. The molecule has 0 saturated heterocycles. The Labute approximate surface area is 141 Å². The highest BCUT2D eigenvalue weighted by atomic mass is 16.4. The average Bonchev–Trinajstić information content (AvgIpc) is 2.49. The Morgan fingerprint density at radius 2 is 1.74 bits per heavy atom. The van der Waals surface area contributed by atoms with E-state index in [4.69, 9.17) is 5.11 Å². The van der Waals surface area contributed by atoms with Crippen molar-refractivity contribution in [2.24, 2.45) is 0 Å². The van der Waals surface area contributed by atoms with E-state index in [1.807, 2.05) is 6.08 Å². The van der Waals surface area contributed by atoms with Crippen LogP contribution >= 0.6 is 0 Å². The van der Waals surface area contributed by atoms with Gasteiger partial charge in [0.25, 0.3) is 0 Å². The van der Waals surface area contributed by atoms with Gasteiger partial charge in [-0.25, -0.2) is 0 Å². The molecule has 5 heteroatoms. The SMILES string of the molecule is CCCCCCCCC=CC(=O)NCCCC(C(=O)O)N(C)C. The Balaban J connectivity index is 3.63. The van der Waals surface area contributed by atoms with Crippen molar-refractivity contribution in [3.8, 4) is 0 Å². The summed E-state index contributed by atoms with van der Waals surface area (Å²) in [6, 6.07) is -0.491. The number of carboxylic acid groups (broad SMARTS) is 1. The highest BCUT2D eigenvalue weighted by molar-refractivity contribution is 5.87.